The summed E-state index contributed by atoms with van der Waals surface area (Å²) in [5.74, 6) is 0. The SMILES string of the molecule is O=[N+]([O-])c1ccc2c(c1N1CCN(S(=O)(=O)c3ccccc3Cl)CC1)CCN2. The molecule has 2 aliphatic rings. The molecule has 0 aliphatic carbocycles. The summed E-state index contributed by atoms with van der Waals surface area (Å²) < 4.78 is 27.2. The molecule has 0 spiro atoms. The van der Waals surface area contributed by atoms with Gasteiger partial charge in [-0.3, -0.25) is 10.1 Å². The van der Waals surface area contributed by atoms with Crippen molar-refractivity contribution in [1.82, 2.24) is 4.31 Å². The first kappa shape index (κ1) is 19.0. The van der Waals surface area contributed by atoms with Gasteiger partial charge in [0.1, 0.15) is 10.6 Å². The highest BCUT2D eigenvalue weighted by Crippen LogP contribution is 2.40. The summed E-state index contributed by atoms with van der Waals surface area (Å²) in [6.07, 6.45) is 0.713. The van der Waals surface area contributed by atoms with Gasteiger partial charge in [-0.2, -0.15) is 4.31 Å². The zero-order valence-corrected chi connectivity index (χ0v) is 16.5. The zero-order valence-electron chi connectivity index (χ0n) is 15.0. The van der Waals surface area contributed by atoms with Gasteiger partial charge < -0.3 is 10.2 Å². The average molecular weight is 423 g/mol. The zero-order chi connectivity index (χ0) is 19.9. The second-order valence-corrected chi connectivity index (χ2v) is 9.03. The summed E-state index contributed by atoms with van der Waals surface area (Å²) in [6.45, 7) is 1.97. The summed E-state index contributed by atoms with van der Waals surface area (Å²) >= 11 is 6.07. The normalized spacial score (nSPS) is 17.2. The predicted octanol–water partition coefficient (Wildman–Crippen LogP) is 2.73. The Bertz CT molecular complexity index is 1040. The fourth-order valence-electron chi connectivity index (χ4n) is 3.81. The fourth-order valence-corrected chi connectivity index (χ4v) is 5.73. The molecule has 8 nitrogen and oxygen atoms in total. The highest BCUT2D eigenvalue weighted by molar-refractivity contribution is 7.89. The van der Waals surface area contributed by atoms with E-state index in [0.717, 1.165) is 17.8 Å². The summed E-state index contributed by atoms with van der Waals surface area (Å²) in [6, 6.07) is 9.61. The van der Waals surface area contributed by atoms with Crippen LogP contribution in [0.1, 0.15) is 5.56 Å². The number of sulfonamides is 1. The van der Waals surface area contributed by atoms with Crippen LogP contribution in [-0.4, -0.2) is 50.4 Å². The number of rotatable bonds is 4. The third kappa shape index (κ3) is 3.19. The van der Waals surface area contributed by atoms with Crippen molar-refractivity contribution in [1.29, 1.82) is 0 Å². The highest BCUT2D eigenvalue weighted by Gasteiger charge is 2.34. The van der Waals surface area contributed by atoms with E-state index in [-0.39, 0.29) is 33.6 Å². The molecule has 4 rings (SSSR count). The van der Waals surface area contributed by atoms with E-state index in [1.165, 1.54) is 16.4 Å². The molecule has 148 valence electrons. The van der Waals surface area contributed by atoms with Gasteiger partial charge in [0.2, 0.25) is 10.0 Å². The standard InChI is InChI=1S/C18H19ClN4O4S/c19-14-3-1-2-4-17(14)28(26,27)22-11-9-21(10-12-22)18-13-7-8-20-15(13)5-6-16(18)23(24)25/h1-6,20H,7-12H2. The Balaban J connectivity index is 1.60. The number of halogens is 1. The van der Waals surface area contributed by atoms with Crippen LogP contribution in [0, 0.1) is 10.1 Å². The van der Waals surface area contributed by atoms with Gasteiger partial charge in [-0.05, 0) is 24.6 Å². The predicted molar refractivity (Wildman–Crippen MR) is 108 cm³/mol. The van der Waals surface area contributed by atoms with Crippen molar-refractivity contribution in [3.05, 3.63) is 57.1 Å². The minimum Gasteiger partial charge on any atom is -0.384 e. The van der Waals surface area contributed by atoms with Gasteiger partial charge in [0, 0.05) is 50.0 Å². The van der Waals surface area contributed by atoms with Crippen LogP contribution in [0.3, 0.4) is 0 Å². The number of piperazine rings is 1. The van der Waals surface area contributed by atoms with Crippen LogP contribution in [0.2, 0.25) is 5.02 Å². The number of nitrogens with one attached hydrogen (secondary N) is 1. The molecular formula is C18H19ClN4O4S. The smallest absolute Gasteiger partial charge is 0.292 e. The summed E-state index contributed by atoms with van der Waals surface area (Å²) in [7, 11) is -3.71. The van der Waals surface area contributed by atoms with Gasteiger partial charge in [0.15, 0.2) is 0 Å². The Hall–Kier alpha value is -2.36. The number of hydrogen-bond donors (Lipinski definition) is 1. The third-order valence-corrected chi connectivity index (χ3v) is 7.56. The van der Waals surface area contributed by atoms with Gasteiger partial charge in [-0.15, -0.1) is 0 Å². The van der Waals surface area contributed by atoms with Crippen molar-refractivity contribution in [2.75, 3.05) is 42.9 Å². The molecule has 1 saturated heterocycles. The van der Waals surface area contributed by atoms with E-state index in [4.69, 9.17) is 11.6 Å². The maximum atomic E-state index is 12.9. The Kier molecular flexibility index (Phi) is 4.90. The number of nitrogens with zero attached hydrogens (tertiary/aromatic N) is 3. The van der Waals surface area contributed by atoms with Gasteiger partial charge >= 0.3 is 0 Å². The van der Waals surface area contributed by atoms with E-state index < -0.39 is 10.0 Å². The lowest BCUT2D eigenvalue weighted by Crippen LogP contribution is -2.49. The molecular weight excluding hydrogens is 404 g/mol. The van der Waals surface area contributed by atoms with Crippen molar-refractivity contribution in [2.45, 2.75) is 11.3 Å². The molecule has 2 heterocycles. The van der Waals surface area contributed by atoms with E-state index in [1.54, 1.807) is 24.3 Å². The van der Waals surface area contributed by atoms with Crippen LogP contribution in [0.5, 0.6) is 0 Å². The number of anilines is 2. The van der Waals surface area contributed by atoms with E-state index in [2.05, 4.69) is 5.32 Å². The largest absolute Gasteiger partial charge is 0.384 e. The molecule has 0 atom stereocenters. The quantitative estimate of drug-likeness (QED) is 0.601. The van der Waals surface area contributed by atoms with Crippen LogP contribution in [0.15, 0.2) is 41.3 Å². The monoisotopic (exact) mass is 422 g/mol. The Morgan fingerprint density at radius 2 is 1.79 bits per heavy atom. The maximum Gasteiger partial charge on any atom is 0.292 e. The molecule has 2 aromatic rings. The second kappa shape index (κ2) is 7.23. The molecule has 1 fully saturated rings. The number of benzene rings is 2. The van der Waals surface area contributed by atoms with Crippen molar-refractivity contribution >= 4 is 38.7 Å². The Labute approximate surface area is 167 Å². The van der Waals surface area contributed by atoms with Crippen LogP contribution < -0.4 is 10.2 Å². The van der Waals surface area contributed by atoms with Crippen LogP contribution in [0.25, 0.3) is 0 Å². The first-order valence-electron chi connectivity index (χ1n) is 8.93. The Morgan fingerprint density at radius 1 is 1.07 bits per heavy atom. The maximum absolute atomic E-state index is 12.9. The van der Waals surface area contributed by atoms with Crippen molar-refractivity contribution in [2.24, 2.45) is 0 Å². The second-order valence-electron chi connectivity index (χ2n) is 6.71. The number of hydrogen-bond acceptors (Lipinski definition) is 6. The molecule has 0 saturated carbocycles. The van der Waals surface area contributed by atoms with Crippen LogP contribution in [-0.2, 0) is 16.4 Å². The van der Waals surface area contributed by atoms with Crippen molar-refractivity contribution < 1.29 is 13.3 Å². The lowest BCUT2D eigenvalue weighted by atomic mass is 10.1. The molecule has 0 aromatic heterocycles. The fraction of sp³-hybridized carbons (Fsp3) is 0.333. The van der Waals surface area contributed by atoms with E-state index in [0.29, 0.717) is 25.2 Å². The molecule has 2 aromatic carbocycles. The minimum absolute atomic E-state index is 0.0601. The molecule has 28 heavy (non-hydrogen) atoms. The van der Waals surface area contributed by atoms with Gasteiger partial charge in [-0.1, -0.05) is 23.7 Å². The Morgan fingerprint density at radius 3 is 2.46 bits per heavy atom. The van der Waals surface area contributed by atoms with E-state index in [9.17, 15) is 18.5 Å². The summed E-state index contributed by atoms with van der Waals surface area (Å²) in [4.78, 5) is 13.2. The van der Waals surface area contributed by atoms with E-state index >= 15 is 0 Å². The lowest BCUT2D eigenvalue weighted by Gasteiger charge is -2.36. The van der Waals surface area contributed by atoms with Gasteiger partial charge in [-0.25, -0.2) is 8.42 Å². The molecule has 1 N–H and O–H groups in total. The molecule has 10 heteroatoms. The topological polar surface area (TPSA) is 95.8 Å². The van der Waals surface area contributed by atoms with Gasteiger partial charge in [0.25, 0.3) is 5.69 Å². The van der Waals surface area contributed by atoms with Crippen LogP contribution >= 0.6 is 11.6 Å². The van der Waals surface area contributed by atoms with E-state index in [1.807, 2.05) is 4.90 Å². The minimum atomic E-state index is -3.71. The summed E-state index contributed by atoms with van der Waals surface area (Å²) in [5, 5.41) is 15.0. The third-order valence-electron chi connectivity index (χ3n) is 5.16. The van der Waals surface area contributed by atoms with Crippen molar-refractivity contribution in [3.63, 3.8) is 0 Å². The molecule has 0 unspecified atom stereocenters. The summed E-state index contributed by atoms with van der Waals surface area (Å²) in [5.41, 5.74) is 2.50. The number of fused-ring (bicyclic) bond motifs is 1. The van der Waals surface area contributed by atoms with Crippen molar-refractivity contribution in [3.8, 4) is 0 Å². The molecule has 0 radical (unpaired) electrons. The molecule has 0 amide bonds. The lowest BCUT2D eigenvalue weighted by molar-refractivity contribution is -0.384. The first-order chi connectivity index (χ1) is 13.4. The first-order valence-corrected chi connectivity index (χ1v) is 10.7. The number of nitro groups is 1. The number of nitro benzene ring substituents is 1. The van der Waals surface area contributed by atoms with Crippen LogP contribution in [0.4, 0.5) is 17.1 Å². The highest BCUT2D eigenvalue weighted by atomic mass is 35.5. The molecule has 2 aliphatic heterocycles. The van der Waals surface area contributed by atoms with Gasteiger partial charge in [0.05, 0.1) is 9.95 Å². The average Bonchev–Trinajstić information content (AvgIpc) is 3.16. The molecule has 0 bridgehead atoms.